The Labute approximate surface area is 223 Å². The molecular weight excluding hydrogens is 450 g/mol. The maximum absolute atomic E-state index is 12.4. The highest BCUT2D eigenvalue weighted by atomic mass is 16.4. The largest absolute Gasteiger partial charge is 0.475 e. The number of allylic oxidation sites excluding steroid dienone is 2. The summed E-state index contributed by atoms with van der Waals surface area (Å²) in [7, 11) is 5.24. The second-order valence-corrected chi connectivity index (χ2v) is 11.4. The standard InChI is InChI=1S/C30H59N3O3/c1-6-8-9-10-11-12-13-14-15-16-17-18-19-20-21-22-23-24-25-26-28(34)32-27(7-2)30(31,29(35)36)33(3,4)5/h14-15,27H,6-13,16-26,31H2,1-5H3,(H-,32,34,35,36)/p+1. The lowest BCUT2D eigenvalue weighted by Crippen LogP contribution is -2.76. The molecule has 212 valence electrons. The lowest BCUT2D eigenvalue weighted by molar-refractivity contribution is -0.915. The first kappa shape index (κ1) is 34.6. The number of hydrogen-bond donors (Lipinski definition) is 3. The molecule has 0 saturated heterocycles. The predicted octanol–water partition coefficient (Wildman–Crippen LogP) is 6.92. The van der Waals surface area contributed by atoms with E-state index in [4.69, 9.17) is 5.73 Å². The highest BCUT2D eigenvalue weighted by Crippen LogP contribution is 2.21. The lowest BCUT2D eigenvalue weighted by atomic mass is 9.95. The fourth-order valence-electron chi connectivity index (χ4n) is 4.76. The van der Waals surface area contributed by atoms with Crippen LogP contribution in [0.15, 0.2) is 12.2 Å². The number of unbranched alkanes of at least 4 members (excludes halogenated alkanes) is 15. The minimum absolute atomic E-state index is 0.0388. The third kappa shape index (κ3) is 15.0. The second kappa shape index (κ2) is 20.6. The molecular formula is C30H60N3O3+. The van der Waals surface area contributed by atoms with Crippen LogP contribution in [-0.4, -0.2) is 54.3 Å². The van der Waals surface area contributed by atoms with Crippen molar-refractivity contribution in [2.24, 2.45) is 5.73 Å². The minimum atomic E-state index is -1.56. The van der Waals surface area contributed by atoms with Gasteiger partial charge in [0.05, 0.1) is 21.1 Å². The number of carbonyl (C=O) groups is 2. The number of likely N-dealkylation sites (N-methyl/N-ethyl adjacent to an activating group) is 1. The summed E-state index contributed by atoms with van der Waals surface area (Å²) in [6, 6.07) is -0.613. The van der Waals surface area contributed by atoms with Gasteiger partial charge in [0.2, 0.25) is 5.91 Å². The zero-order chi connectivity index (χ0) is 27.3. The molecule has 6 heteroatoms. The molecule has 0 aromatic rings. The van der Waals surface area contributed by atoms with E-state index in [1.54, 1.807) is 21.1 Å². The summed E-state index contributed by atoms with van der Waals surface area (Å²) < 4.78 is 0.0388. The molecule has 6 nitrogen and oxygen atoms in total. The van der Waals surface area contributed by atoms with E-state index in [2.05, 4.69) is 24.4 Å². The number of nitrogens with two attached hydrogens (primary N) is 1. The van der Waals surface area contributed by atoms with E-state index in [0.29, 0.717) is 12.8 Å². The Balaban J connectivity index is 3.74. The van der Waals surface area contributed by atoms with Crippen LogP contribution in [0, 0.1) is 0 Å². The molecule has 0 rings (SSSR count). The Hall–Kier alpha value is -1.40. The molecule has 2 atom stereocenters. The molecule has 0 fully saturated rings. The Morgan fingerprint density at radius 1 is 0.778 bits per heavy atom. The van der Waals surface area contributed by atoms with Gasteiger partial charge in [0.25, 0.3) is 5.66 Å². The van der Waals surface area contributed by atoms with Gasteiger partial charge >= 0.3 is 5.97 Å². The van der Waals surface area contributed by atoms with Crippen molar-refractivity contribution in [1.29, 1.82) is 0 Å². The maximum Gasteiger partial charge on any atom is 0.384 e. The molecule has 0 aliphatic heterocycles. The quantitative estimate of drug-likeness (QED) is 0.0568. The molecule has 1 amide bonds. The maximum atomic E-state index is 12.4. The average Bonchev–Trinajstić information content (AvgIpc) is 2.82. The van der Waals surface area contributed by atoms with Gasteiger partial charge in [-0.15, -0.1) is 0 Å². The number of carboxylic acids is 1. The molecule has 0 aliphatic carbocycles. The van der Waals surface area contributed by atoms with Crippen LogP contribution in [0.4, 0.5) is 0 Å². The van der Waals surface area contributed by atoms with Gasteiger partial charge in [0, 0.05) is 6.42 Å². The van der Waals surface area contributed by atoms with Gasteiger partial charge in [0.15, 0.2) is 0 Å². The van der Waals surface area contributed by atoms with Crippen molar-refractivity contribution in [3.63, 3.8) is 0 Å². The van der Waals surface area contributed by atoms with Crippen molar-refractivity contribution in [3.05, 3.63) is 12.2 Å². The molecule has 0 radical (unpaired) electrons. The van der Waals surface area contributed by atoms with Crippen molar-refractivity contribution in [1.82, 2.24) is 5.32 Å². The molecule has 2 unspecified atom stereocenters. The summed E-state index contributed by atoms with van der Waals surface area (Å²) >= 11 is 0. The highest BCUT2D eigenvalue weighted by molar-refractivity contribution is 5.81. The number of quaternary nitrogens is 1. The number of carbonyl (C=O) groups excluding carboxylic acids is 1. The van der Waals surface area contributed by atoms with E-state index in [1.807, 2.05) is 6.92 Å². The third-order valence-electron chi connectivity index (χ3n) is 7.39. The van der Waals surface area contributed by atoms with Crippen molar-refractivity contribution in [2.75, 3.05) is 21.1 Å². The average molecular weight is 511 g/mol. The van der Waals surface area contributed by atoms with E-state index < -0.39 is 17.7 Å². The van der Waals surface area contributed by atoms with Crippen LogP contribution in [0.2, 0.25) is 0 Å². The van der Waals surface area contributed by atoms with E-state index in [1.165, 1.54) is 89.9 Å². The summed E-state index contributed by atoms with van der Waals surface area (Å²) in [6.45, 7) is 4.13. The summed E-state index contributed by atoms with van der Waals surface area (Å²) in [5, 5.41) is 12.6. The van der Waals surface area contributed by atoms with E-state index in [-0.39, 0.29) is 10.4 Å². The first-order valence-electron chi connectivity index (χ1n) is 14.9. The smallest absolute Gasteiger partial charge is 0.384 e. The van der Waals surface area contributed by atoms with Gasteiger partial charge < -0.3 is 14.9 Å². The van der Waals surface area contributed by atoms with Crippen LogP contribution in [0.25, 0.3) is 0 Å². The number of amides is 1. The van der Waals surface area contributed by atoms with Crippen LogP contribution in [0.3, 0.4) is 0 Å². The van der Waals surface area contributed by atoms with Gasteiger partial charge in [-0.2, -0.15) is 0 Å². The van der Waals surface area contributed by atoms with Crippen molar-refractivity contribution in [3.8, 4) is 0 Å². The lowest BCUT2D eigenvalue weighted by Gasteiger charge is -2.44. The van der Waals surface area contributed by atoms with Gasteiger partial charge in [-0.3, -0.25) is 10.5 Å². The zero-order valence-corrected chi connectivity index (χ0v) is 24.5. The van der Waals surface area contributed by atoms with Crippen molar-refractivity contribution < 1.29 is 19.2 Å². The first-order valence-corrected chi connectivity index (χ1v) is 14.9. The monoisotopic (exact) mass is 510 g/mol. The molecule has 0 bridgehead atoms. The third-order valence-corrected chi connectivity index (χ3v) is 7.39. The topological polar surface area (TPSA) is 92.4 Å². The fourth-order valence-corrected chi connectivity index (χ4v) is 4.76. The molecule has 0 aromatic heterocycles. The van der Waals surface area contributed by atoms with Gasteiger partial charge in [-0.25, -0.2) is 4.79 Å². The molecule has 0 aromatic carbocycles. The van der Waals surface area contributed by atoms with E-state index in [0.717, 1.165) is 19.3 Å². The molecule has 0 heterocycles. The Bertz CT molecular complexity index is 601. The zero-order valence-electron chi connectivity index (χ0n) is 24.5. The number of nitrogens with zero attached hydrogens (tertiary/aromatic N) is 1. The summed E-state index contributed by atoms with van der Waals surface area (Å²) in [4.78, 5) is 24.3. The summed E-state index contributed by atoms with van der Waals surface area (Å²) in [5.41, 5.74) is 4.72. The van der Waals surface area contributed by atoms with Gasteiger partial charge in [-0.05, 0) is 38.5 Å². The second-order valence-electron chi connectivity index (χ2n) is 11.4. The summed E-state index contributed by atoms with van der Waals surface area (Å²) in [5.74, 6) is -1.20. The number of carboxylic acid groups (broad SMARTS) is 1. The van der Waals surface area contributed by atoms with Gasteiger partial charge in [-0.1, -0.05) is 103 Å². The minimum Gasteiger partial charge on any atom is -0.475 e. The Morgan fingerprint density at radius 2 is 1.19 bits per heavy atom. The molecule has 0 spiro atoms. The van der Waals surface area contributed by atoms with Crippen LogP contribution in [0.1, 0.15) is 136 Å². The SMILES string of the molecule is CCCCCCCCC=CCCCCCCCCCCCC(=O)NC(CC)C(N)(C(=O)O)[N+](C)(C)C. The van der Waals surface area contributed by atoms with Crippen LogP contribution < -0.4 is 11.1 Å². The molecule has 4 N–H and O–H groups in total. The van der Waals surface area contributed by atoms with Gasteiger partial charge in [0.1, 0.15) is 6.04 Å². The number of aliphatic carboxylic acids is 1. The van der Waals surface area contributed by atoms with Crippen molar-refractivity contribution >= 4 is 11.9 Å². The molecule has 0 saturated carbocycles. The highest BCUT2D eigenvalue weighted by Gasteiger charge is 2.53. The van der Waals surface area contributed by atoms with Crippen molar-refractivity contribution in [2.45, 2.75) is 148 Å². The fraction of sp³-hybridized carbons (Fsp3) is 0.867. The van der Waals surface area contributed by atoms with E-state index >= 15 is 0 Å². The van der Waals surface area contributed by atoms with Crippen LogP contribution in [0.5, 0.6) is 0 Å². The molecule has 36 heavy (non-hydrogen) atoms. The Kier molecular flexibility index (Phi) is 19.8. The number of hydrogen-bond acceptors (Lipinski definition) is 3. The molecule has 0 aliphatic rings. The number of nitrogens with one attached hydrogen (secondary N) is 1. The Morgan fingerprint density at radius 3 is 1.58 bits per heavy atom. The summed E-state index contributed by atoms with van der Waals surface area (Å²) in [6.07, 6.45) is 27.2. The predicted molar refractivity (Wildman–Crippen MR) is 153 cm³/mol. The van der Waals surface area contributed by atoms with E-state index in [9.17, 15) is 14.7 Å². The first-order chi connectivity index (χ1) is 17.1. The van der Waals surface area contributed by atoms with Crippen LogP contribution >= 0.6 is 0 Å². The normalized spacial score (nSPS) is 14.6. The van der Waals surface area contributed by atoms with Crippen LogP contribution in [-0.2, 0) is 9.59 Å². The number of rotatable bonds is 24.